The number of fused-ring (bicyclic) bond motifs is 3. The fourth-order valence-corrected chi connectivity index (χ4v) is 9.24. The van der Waals surface area contributed by atoms with Crippen molar-refractivity contribution in [3.05, 3.63) is 108 Å². The molecule has 60 heavy (non-hydrogen) atoms. The quantitative estimate of drug-likeness (QED) is 0.0831. The monoisotopic (exact) mass is 815 g/mol. The van der Waals surface area contributed by atoms with E-state index in [2.05, 4.69) is 21.3 Å². The second kappa shape index (κ2) is 20.1. The van der Waals surface area contributed by atoms with Gasteiger partial charge in [0.25, 0.3) is 0 Å². The maximum atomic E-state index is 14.5. The van der Waals surface area contributed by atoms with E-state index in [0.29, 0.717) is 30.6 Å². The molecule has 6 N–H and O–H groups in total. The van der Waals surface area contributed by atoms with Crippen molar-refractivity contribution in [3.63, 3.8) is 0 Å². The molecule has 3 aliphatic heterocycles. The lowest BCUT2D eigenvalue weighted by molar-refractivity contribution is -0.163. The molecule has 4 aromatic rings. The Kier molecular flexibility index (Phi) is 14.2. The van der Waals surface area contributed by atoms with Gasteiger partial charge in [0.15, 0.2) is 5.78 Å². The number of piperidine rings is 2. The zero-order chi connectivity index (χ0) is 42.0. The van der Waals surface area contributed by atoms with Gasteiger partial charge in [0, 0.05) is 37.0 Å². The molecule has 0 unspecified atom stereocenters. The number of nitrogens with one attached hydrogen (secondary N) is 4. The van der Waals surface area contributed by atoms with Crippen LogP contribution in [0.3, 0.4) is 0 Å². The highest BCUT2D eigenvalue weighted by atomic mass is 16.2. The van der Waals surface area contributed by atoms with E-state index < -0.39 is 36.0 Å². The van der Waals surface area contributed by atoms with Gasteiger partial charge >= 0.3 is 0 Å². The summed E-state index contributed by atoms with van der Waals surface area (Å²) in [4.78, 5) is 84.9. The fourth-order valence-electron chi connectivity index (χ4n) is 9.24. The van der Waals surface area contributed by atoms with E-state index in [1.54, 1.807) is 15.7 Å². The van der Waals surface area contributed by atoms with Gasteiger partial charge in [0.1, 0.15) is 18.1 Å². The number of benzene rings is 3. The largest absolute Gasteiger partial charge is 0.344 e. The number of carbonyl (C=O) groups is 6. The van der Waals surface area contributed by atoms with Crippen LogP contribution in [0.1, 0.15) is 85.7 Å². The average molecular weight is 816 g/mol. The van der Waals surface area contributed by atoms with Crippen molar-refractivity contribution in [2.45, 2.75) is 114 Å². The molecule has 8 rings (SSSR count). The number of piperazine rings is 1. The number of hydrogen-bond donors (Lipinski definition) is 5. The summed E-state index contributed by atoms with van der Waals surface area (Å²) in [6, 6.07) is 22.8. The molecule has 1 saturated carbocycles. The number of nitrogens with two attached hydrogens (primary N) is 1. The first-order valence-corrected chi connectivity index (χ1v) is 21.6. The van der Waals surface area contributed by atoms with Gasteiger partial charge in [0.2, 0.25) is 29.5 Å². The Labute approximate surface area is 351 Å². The van der Waals surface area contributed by atoms with Gasteiger partial charge in [-0.15, -0.1) is 0 Å². The first kappa shape index (κ1) is 42.5. The molecule has 4 atom stereocenters. The number of amides is 4. The smallest absolute Gasteiger partial charge is 0.246 e. The number of carbonyl (C=O) groups excluding carboxylic acids is 6. The number of rotatable bonds is 20. The molecule has 1 aromatic heterocycles. The van der Waals surface area contributed by atoms with Gasteiger partial charge in [-0.05, 0) is 80.2 Å². The summed E-state index contributed by atoms with van der Waals surface area (Å²) < 4.78 is 1.61. The first-order chi connectivity index (χ1) is 29.2. The highest BCUT2D eigenvalue weighted by Crippen LogP contribution is 2.41. The van der Waals surface area contributed by atoms with Crippen molar-refractivity contribution >= 4 is 46.2 Å². The Morgan fingerprint density at radius 2 is 1.45 bits per heavy atom. The molecule has 0 spiro atoms. The van der Waals surface area contributed by atoms with Crippen LogP contribution in [0, 0.1) is 5.92 Å². The predicted molar refractivity (Wildman–Crippen MR) is 228 cm³/mol. The molecule has 316 valence electrons. The zero-order valence-corrected chi connectivity index (χ0v) is 34.2. The normalized spacial score (nSPS) is 20.6. The molecule has 4 heterocycles. The molecule has 0 radical (unpaired) electrons. The second-order valence-electron chi connectivity index (χ2n) is 16.5. The van der Waals surface area contributed by atoms with Gasteiger partial charge in [-0.2, -0.15) is 0 Å². The molecule has 1 aliphatic carbocycles. The van der Waals surface area contributed by atoms with Crippen LogP contribution in [0.4, 0.5) is 0 Å². The van der Waals surface area contributed by atoms with Crippen LogP contribution < -0.4 is 27.0 Å². The topological polar surface area (TPSA) is 185 Å². The zero-order valence-electron chi connectivity index (χ0n) is 34.2. The molecule has 4 fully saturated rings. The molecular weight excluding hydrogens is 759 g/mol. The standard InChI is InChI=1S/C47H57N7O6/c48-24-12-2-1-9-19-43(57)53-30-34(36-17-10-11-18-40(36)53)26-38(50-42(56)27-39-47(60)54-35-22-20-33(21-23-35)44(54)46(59)52-39)45(58)51-37(25-31-13-5-3-6-14-31)41(55)29-49-28-32-15-7-4-8-16-32/h3-8,10-11,13-18,30,33,35,37-39,44,49H,1-2,9,12,19-29,48H2,(H,50,56)(H,51,58)(H,52,59)/t33?,35?,37-,38+,39-,44-/m0/s1. The Morgan fingerprint density at radius 1 is 0.767 bits per heavy atom. The maximum absolute atomic E-state index is 14.5. The van der Waals surface area contributed by atoms with Crippen LogP contribution in [0.2, 0.25) is 0 Å². The summed E-state index contributed by atoms with van der Waals surface area (Å²) in [5, 5.41) is 12.6. The van der Waals surface area contributed by atoms with Crippen molar-refractivity contribution in [1.82, 2.24) is 30.7 Å². The second-order valence-corrected chi connectivity index (χ2v) is 16.5. The van der Waals surface area contributed by atoms with E-state index in [0.717, 1.165) is 67.9 Å². The Morgan fingerprint density at radius 3 is 2.18 bits per heavy atom. The first-order valence-electron chi connectivity index (χ1n) is 21.6. The van der Waals surface area contributed by atoms with Gasteiger partial charge in [-0.3, -0.25) is 33.3 Å². The number of nitrogens with zero attached hydrogens (tertiary/aromatic N) is 2. The molecular formula is C47H57N7O6. The van der Waals surface area contributed by atoms with Crippen LogP contribution >= 0.6 is 0 Å². The van der Waals surface area contributed by atoms with E-state index in [1.807, 2.05) is 84.9 Å². The lowest BCUT2D eigenvalue weighted by Gasteiger charge is -2.53. The van der Waals surface area contributed by atoms with E-state index in [-0.39, 0.29) is 61.3 Å². The number of ketones is 1. The van der Waals surface area contributed by atoms with Crippen molar-refractivity contribution in [2.24, 2.45) is 11.7 Å². The lowest BCUT2D eigenvalue weighted by Crippen LogP contribution is -2.71. The minimum atomic E-state index is -1.19. The third-order valence-corrected chi connectivity index (χ3v) is 12.4. The van der Waals surface area contributed by atoms with Gasteiger partial charge < -0.3 is 31.9 Å². The molecule has 3 saturated heterocycles. The van der Waals surface area contributed by atoms with Crippen LogP contribution in [0.5, 0.6) is 0 Å². The SMILES string of the molecule is NCCCCCCC(=O)n1cc(C[C@@H](NC(=O)C[C@@H]2NC(=O)[C@@H]3C4CCC(CC4)N3C2=O)C(=O)N[C@@H](Cc2ccccc2)C(=O)CNCc2ccccc2)c2ccccc21. The number of hydrogen-bond acceptors (Lipinski definition) is 8. The number of unbranched alkanes of at least 4 members (excludes halogenated alkanes) is 3. The van der Waals surface area contributed by atoms with Crippen molar-refractivity contribution in [1.29, 1.82) is 0 Å². The van der Waals surface area contributed by atoms with Crippen molar-refractivity contribution < 1.29 is 28.8 Å². The molecule has 4 amide bonds. The third-order valence-electron chi connectivity index (χ3n) is 12.4. The Hall–Kier alpha value is -5.66. The predicted octanol–water partition coefficient (Wildman–Crippen LogP) is 3.96. The summed E-state index contributed by atoms with van der Waals surface area (Å²) in [5.41, 5.74) is 8.85. The molecule has 4 aliphatic rings. The van der Waals surface area contributed by atoms with Crippen LogP contribution in [-0.4, -0.2) is 88.1 Å². The molecule has 13 nitrogen and oxygen atoms in total. The van der Waals surface area contributed by atoms with Crippen LogP contribution in [0.15, 0.2) is 91.1 Å². The highest BCUT2D eigenvalue weighted by molar-refractivity contribution is 6.01. The third kappa shape index (κ3) is 10.2. The molecule has 3 aromatic carbocycles. The van der Waals surface area contributed by atoms with Gasteiger partial charge in [-0.1, -0.05) is 91.7 Å². The summed E-state index contributed by atoms with van der Waals surface area (Å²) in [6.07, 6.45) is 8.89. The van der Waals surface area contributed by atoms with E-state index >= 15 is 0 Å². The average Bonchev–Trinajstić information content (AvgIpc) is 3.63. The molecule has 13 heteroatoms. The Bertz CT molecular complexity index is 2150. The lowest BCUT2D eigenvalue weighted by atomic mass is 9.73. The van der Waals surface area contributed by atoms with E-state index in [1.165, 1.54) is 0 Å². The number of aromatic nitrogens is 1. The van der Waals surface area contributed by atoms with Gasteiger partial charge in [-0.25, -0.2) is 0 Å². The Balaban J connectivity index is 1.12. The minimum Gasteiger partial charge on any atom is -0.344 e. The number of Topliss-reactive ketones (excluding diaryl/α,β-unsaturated/α-hetero) is 1. The number of para-hydroxylation sites is 1. The van der Waals surface area contributed by atoms with Crippen molar-refractivity contribution in [2.75, 3.05) is 13.1 Å². The fraction of sp³-hybridized carbons (Fsp3) is 0.447. The molecule has 2 bridgehead atoms. The van der Waals surface area contributed by atoms with Crippen molar-refractivity contribution in [3.8, 4) is 0 Å². The maximum Gasteiger partial charge on any atom is 0.246 e. The summed E-state index contributed by atoms with van der Waals surface area (Å²) in [7, 11) is 0. The summed E-state index contributed by atoms with van der Waals surface area (Å²) in [6.45, 7) is 1.07. The van der Waals surface area contributed by atoms with Gasteiger partial charge in [0.05, 0.1) is 24.5 Å². The summed E-state index contributed by atoms with van der Waals surface area (Å²) >= 11 is 0. The van der Waals surface area contributed by atoms with Crippen LogP contribution in [-0.2, 0) is 43.4 Å². The minimum absolute atomic E-state index is 0.00367. The summed E-state index contributed by atoms with van der Waals surface area (Å²) in [5.74, 6) is -1.89. The highest BCUT2D eigenvalue weighted by Gasteiger charge is 2.52. The van der Waals surface area contributed by atoms with E-state index in [4.69, 9.17) is 5.73 Å². The van der Waals surface area contributed by atoms with Crippen LogP contribution in [0.25, 0.3) is 10.9 Å². The van der Waals surface area contributed by atoms with E-state index in [9.17, 15) is 28.8 Å².